The molecule has 3 nitrogen and oxygen atoms in total. The van der Waals surface area contributed by atoms with E-state index in [2.05, 4.69) is 99.1 Å². The van der Waals surface area contributed by atoms with Crippen LogP contribution in [0.1, 0.15) is 71.1 Å². The number of aromatic nitrogens is 1. The normalized spacial score (nSPS) is 19.9. The topological polar surface area (TPSA) is 16.4 Å². The van der Waals surface area contributed by atoms with Crippen LogP contribution in [0.2, 0.25) is 0 Å². The van der Waals surface area contributed by atoms with Crippen LogP contribution in [0.3, 0.4) is 0 Å². The minimum absolute atomic E-state index is 0. The van der Waals surface area contributed by atoms with E-state index < -0.39 is 0 Å². The van der Waals surface area contributed by atoms with Gasteiger partial charge in [-0.05, 0) is 59.4 Å². The highest BCUT2D eigenvalue weighted by Crippen LogP contribution is 2.40. The summed E-state index contributed by atoms with van der Waals surface area (Å²) >= 11 is 0. The van der Waals surface area contributed by atoms with E-state index in [-0.39, 0.29) is 34.2 Å². The van der Waals surface area contributed by atoms with Crippen LogP contribution < -0.4 is 21.5 Å². The quantitative estimate of drug-likeness (QED) is 0.672. The van der Waals surface area contributed by atoms with Crippen LogP contribution in [0, 0.1) is 0 Å². The molecule has 1 aliphatic rings. The number of piperidine rings is 1. The minimum atomic E-state index is 0. The van der Waals surface area contributed by atoms with Gasteiger partial charge in [0.15, 0.2) is 18.9 Å². The van der Waals surface area contributed by atoms with E-state index in [1.807, 2.05) is 0 Å². The number of halogens is 1. The van der Waals surface area contributed by atoms with Crippen molar-refractivity contribution in [2.45, 2.75) is 77.6 Å². The predicted octanol–water partition coefficient (Wildman–Crippen LogP) is 2.06. The predicted molar refractivity (Wildman–Crippen MR) is 106 cm³/mol. The van der Waals surface area contributed by atoms with E-state index in [1.54, 1.807) is 0 Å². The minimum Gasteiger partial charge on any atom is -1.00 e. The Morgan fingerprint density at radius 2 is 1.52 bits per heavy atom. The van der Waals surface area contributed by atoms with Gasteiger partial charge in [0.05, 0.1) is 0 Å². The molecule has 0 amide bonds. The van der Waals surface area contributed by atoms with E-state index in [9.17, 15) is 0 Å². The van der Waals surface area contributed by atoms with Gasteiger partial charge < -0.3 is 17.0 Å². The standard InChI is InChI=1S/C23H33N2O.BrH/c1-19(26-25-22(2,3)14-9-15-23(25,4)5)21-12-16-24(17-13-21)18-20-10-7-6-8-11-20;/h6-8,10-13,16-17,19H,9,14-15,18H2,1-5H3;1H/q+1;/p-1. The number of nitrogens with zero attached hydrogens (tertiary/aromatic N) is 2. The monoisotopic (exact) mass is 432 g/mol. The Kier molecular flexibility index (Phi) is 7.23. The summed E-state index contributed by atoms with van der Waals surface area (Å²) in [7, 11) is 0. The van der Waals surface area contributed by atoms with Gasteiger partial charge in [-0.2, -0.15) is 5.06 Å². The first kappa shape index (κ1) is 22.1. The number of hydrogen-bond acceptors (Lipinski definition) is 2. The largest absolute Gasteiger partial charge is 1.00 e. The summed E-state index contributed by atoms with van der Waals surface area (Å²) in [5.74, 6) is 0. The van der Waals surface area contributed by atoms with Crippen LogP contribution in [-0.2, 0) is 11.4 Å². The molecule has 4 heteroatoms. The van der Waals surface area contributed by atoms with Crippen molar-refractivity contribution in [2.75, 3.05) is 0 Å². The van der Waals surface area contributed by atoms with Crippen molar-refractivity contribution in [1.29, 1.82) is 0 Å². The molecule has 2 heterocycles. The van der Waals surface area contributed by atoms with Gasteiger partial charge in [-0.25, -0.2) is 4.57 Å². The maximum atomic E-state index is 6.49. The van der Waals surface area contributed by atoms with Gasteiger partial charge in [0.2, 0.25) is 0 Å². The summed E-state index contributed by atoms with van der Waals surface area (Å²) in [6, 6.07) is 14.9. The smallest absolute Gasteiger partial charge is 0.173 e. The zero-order chi connectivity index (χ0) is 18.8. The molecule has 2 aromatic rings. The summed E-state index contributed by atoms with van der Waals surface area (Å²) in [4.78, 5) is 6.49. The van der Waals surface area contributed by atoms with E-state index >= 15 is 0 Å². The van der Waals surface area contributed by atoms with Gasteiger partial charge in [-0.15, -0.1) is 0 Å². The molecule has 0 bridgehead atoms. The number of hydrogen-bond donors (Lipinski definition) is 0. The average molecular weight is 433 g/mol. The Bertz CT molecular complexity index is 697. The lowest BCUT2D eigenvalue weighted by Gasteiger charge is -2.52. The third kappa shape index (κ3) is 5.40. The fraction of sp³-hybridized carbons (Fsp3) is 0.522. The molecule has 0 N–H and O–H groups in total. The highest BCUT2D eigenvalue weighted by molar-refractivity contribution is 5.14. The summed E-state index contributed by atoms with van der Waals surface area (Å²) in [6.45, 7) is 12.2. The van der Waals surface area contributed by atoms with Crippen molar-refractivity contribution in [3.05, 3.63) is 66.0 Å². The van der Waals surface area contributed by atoms with Crippen molar-refractivity contribution in [2.24, 2.45) is 0 Å². The molecule has 1 aromatic heterocycles. The van der Waals surface area contributed by atoms with E-state index in [1.165, 1.54) is 30.4 Å². The zero-order valence-corrected chi connectivity index (χ0v) is 18.9. The number of benzene rings is 1. The Labute approximate surface area is 175 Å². The zero-order valence-electron chi connectivity index (χ0n) is 17.3. The summed E-state index contributed by atoms with van der Waals surface area (Å²) in [5, 5.41) is 2.25. The van der Waals surface area contributed by atoms with Crippen molar-refractivity contribution >= 4 is 0 Å². The van der Waals surface area contributed by atoms with Gasteiger partial charge in [-0.1, -0.05) is 30.3 Å². The second kappa shape index (κ2) is 8.85. The Balaban J connectivity index is 0.00000261. The van der Waals surface area contributed by atoms with Crippen molar-refractivity contribution in [3.63, 3.8) is 0 Å². The van der Waals surface area contributed by atoms with Crippen LogP contribution in [0.15, 0.2) is 54.9 Å². The van der Waals surface area contributed by atoms with Crippen molar-refractivity contribution in [3.8, 4) is 0 Å². The lowest BCUT2D eigenvalue weighted by atomic mass is 9.82. The third-order valence-corrected chi connectivity index (χ3v) is 5.53. The molecule has 0 spiro atoms. The molecule has 1 fully saturated rings. The molecule has 0 saturated carbocycles. The van der Waals surface area contributed by atoms with Gasteiger partial charge >= 0.3 is 0 Å². The van der Waals surface area contributed by atoms with Crippen molar-refractivity contribution < 1.29 is 26.4 Å². The van der Waals surface area contributed by atoms with Crippen LogP contribution in [0.25, 0.3) is 0 Å². The average Bonchev–Trinajstić information content (AvgIpc) is 2.59. The second-order valence-electron chi connectivity index (χ2n) is 8.81. The second-order valence-corrected chi connectivity index (χ2v) is 8.81. The van der Waals surface area contributed by atoms with Crippen LogP contribution in [-0.4, -0.2) is 16.1 Å². The van der Waals surface area contributed by atoms with Gasteiger partial charge in [0, 0.05) is 28.8 Å². The Morgan fingerprint density at radius 1 is 0.963 bits per heavy atom. The maximum absolute atomic E-state index is 6.49. The first-order chi connectivity index (χ1) is 12.3. The van der Waals surface area contributed by atoms with E-state index in [0.29, 0.717) is 0 Å². The molecule has 1 saturated heterocycles. The highest BCUT2D eigenvalue weighted by atomic mass is 79.9. The molecule has 1 atom stereocenters. The first-order valence-corrected chi connectivity index (χ1v) is 9.78. The summed E-state index contributed by atoms with van der Waals surface area (Å²) in [6.07, 6.45) is 7.95. The molecule has 0 aliphatic carbocycles. The Morgan fingerprint density at radius 3 is 2.07 bits per heavy atom. The molecule has 1 unspecified atom stereocenters. The van der Waals surface area contributed by atoms with Crippen LogP contribution in [0.5, 0.6) is 0 Å². The molecule has 27 heavy (non-hydrogen) atoms. The molecule has 0 radical (unpaired) electrons. The molecule has 1 aliphatic heterocycles. The van der Waals surface area contributed by atoms with Crippen LogP contribution in [0.4, 0.5) is 0 Å². The highest BCUT2D eigenvalue weighted by Gasteiger charge is 2.43. The Hall–Kier alpha value is -1.23. The number of rotatable bonds is 5. The van der Waals surface area contributed by atoms with Gasteiger partial charge in [-0.3, -0.25) is 4.84 Å². The lowest BCUT2D eigenvalue weighted by Crippen LogP contribution is -3.00. The molecule has 1 aromatic carbocycles. The molecule has 3 rings (SSSR count). The first-order valence-electron chi connectivity index (χ1n) is 9.78. The molecule has 148 valence electrons. The van der Waals surface area contributed by atoms with Gasteiger partial charge in [0.25, 0.3) is 0 Å². The maximum Gasteiger partial charge on any atom is 0.173 e. The molecular weight excluding hydrogens is 400 g/mol. The fourth-order valence-electron chi connectivity index (χ4n) is 4.12. The lowest BCUT2D eigenvalue weighted by molar-refractivity contribution is -0.688. The molecular formula is C23H33BrN2O. The summed E-state index contributed by atoms with van der Waals surface area (Å²) < 4.78 is 2.21. The van der Waals surface area contributed by atoms with Gasteiger partial charge in [0.1, 0.15) is 6.10 Å². The number of hydroxylamine groups is 2. The van der Waals surface area contributed by atoms with Crippen molar-refractivity contribution in [1.82, 2.24) is 5.06 Å². The SMILES string of the molecule is CC(ON1C(C)(C)CCCC1(C)C)c1cc[n+](Cc2ccccc2)cc1.[Br-]. The van der Waals surface area contributed by atoms with E-state index in [0.717, 1.165) is 6.54 Å². The third-order valence-electron chi connectivity index (χ3n) is 5.53. The fourth-order valence-corrected chi connectivity index (χ4v) is 4.12. The van der Waals surface area contributed by atoms with Crippen LogP contribution >= 0.6 is 0 Å². The summed E-state index contributed by atoms with van der Waals surface area (Å²) in [5.41, 5.74) is 2.66. The number of pyridine rings is 1. The van der Waals surface area contributed by atoms with E-state index in [4.69, 9.17) is 4.84 Å².